The maximum Gasteiger partial charge on any atom is 0.0657 e. The number of piperidine rings is 1. The van der Waals surface area contributed by atoms with Gasteiger partial charge in [-0.3, -0.25) is 4.98 Å². The molecule has 3 nitrogen and oxygen atoms in total. The van der Waals surface area contributed by atoms with Crippen molar-refractivity contribution >= 4 is 11.8 Å². The molecule has 17 heavy (non-hydrogen) atoms. The molecule has 0 spiro atoms. The summed E-state index contributed by atoms with van der Waals surface area (Å²) in [5.74, 6) is 0.244. The molecule has 1 aliphatic carbocycles. The van der Waals surface area contributed by atoms with E-state index in [0.29, 0.717) is 0 Å². The van der Waals surface area contributed by atoms with Crippen LogP contribution in [0.5, 0.6) is 0 Å². The number of hydrogen-bond donors (Lipinski definition) is 0. The Morgan fingerprint density at radius 1 is 1.35 bits per heavy atom. The van der Waals surface area contributed by atoms with Crippen molar-refractivity contribution in [1.82, 2.24) is 4.98 Å². The number of hydrogen-bond acceptors (Lipinski definition) is 3. The fraction of sp³-hybridized carbons (Fsp3) is 0.429. The van der Waals surface area contributed by atoms with E-state index in [1.54, 1.807) is 0 Å². The highest BCUT2D eigenvalue weighted by atomic mass is 15.1. The fourth-order valence-corrected chi connectivity index (χ4v) is 2.55. The van der Waals surface area contributed by atoms with Gasteiger partial charge >= 0.3 is 0 Å². The summed E-state index contributed by atoms with van der Waals surface area (Å²) in [7, 11) is 0. The average molecular weight is 225 g/mol. The van der Waals surface area contributed by atoms with Crippen LogP contribution in [-0.4, -0.2) is 18.1 Å². The minimum atomic E-state index is 0.244. The molecule has 86 valence electrons. The highest BCUT2D eigenvalue weighted by molar-refractivity contribution is 5.63. The Hall–Kier alpha value is -1.82. The molecule has 3 rings (SSSR count). The first kappa shape index (κ1) is 10.3. The average Bonchev–Trinajstić information content (AvgIpc) is 2.86. The predicted octanol–water partition coefficient (Wildman–Crippen LogP) is 2.39. The molecule has 0 N–H and O–H groups in total. The van der Waals surface area contributed by atoms with E-state index in [1.165, 1.54) is 16.9 Å². The summed E-state index contributed by atoms with van der Waals surface area (Å²) in [4.78, 5) is 6.84. The summed E-state index contributed by atoms with van der Waals surface area (Å²) in [6.45, 7) is 1.95. The molecule has 0 atom stereocenters. The van der Waals surface area contributed by atoms with Crippen molar-refractivity contribution in [2.45, 2.75) is 19.3 Å². The standard InChI is InChI=1S/C14H15N3/c15-9-11-4-6-17(7-5-11)13-8-12-2-1-3-14(12)16-10-13/h1-2,8,10-11H,3-7H2. The summed E-state index contributed by atoms with van der Waals surface area (Å²) in [6.07, 6.45) is 9.19. The first-order chi connectivity index (χ1) is 8.36. The third-order valence-electron chi connectivity index (χ3n) is 3.64. The predicted molar refractivity (Wildman–Crippen MR) is 67.5 cm³/mol. The monoisotopic (exact) mass is 225 g/mol. The van der Waals surface area contributed by atoms with Gasteiger partial charge in [0.05, 0.1) is 23.6 Å². The van der Waals surface area contributed by atoms with Crippen LogP contribution in [0.15, 0.2) is 18.3 Å². The molecule has 1 aromatic heterocycles. The van der Waals surface area contributed by atoms with Gasteiger partial charge in [0.15, 0.2) is 0 Å². The number of nitrogens with zero attached hydrogens (tertiary/aromatic N) is 3. The van der Waals surface area contributed by atoms with Crippen molar-refractivity contribution in [3.05, 3.63) is 29.6 Å². The van der Waals surface area contributed by atoms with Crippen LogP contribution in [0.25, 0.3) is 6.08 Å². The van der Waals surface area contributed by atoms with Gasteiger partial charge < -0.3 is 4.90 Å². The normalized spacial score (nSPS) is 19.1. The molecule has 0 radical (unpaired) electrons. The lowest BCUT2D eigenvalue weighted by Gasteiger charge is -2.31. The first-order valence-electron chi connectivity index (χ1n) is 6.17. The van der Waals surface area contributed by atoms with Crippen molar-refractivity contribution in [3.63, 3.8) is 0 Å². The van der Waals surface area contributed by atoms with Gasteiger partial charge in [-0.1, -0.05) is 12.2 Å². The minimum Gasteiger partial charge on any atom is -0.370 e. The summed E-state index contributed by atoms with van der Waals surface area (Å²) in [5, 5.41) is 8.88. The second-order valence-electron chi connectivity index (χ2n) is 4.73. The Labute approximate surface area is 101 Å². The van der Waals surface area contributed by atoms with Gasteiger partial charge in [0.1, 0.15) is 0 Å². The van der Waals surface area contributed by atoms with E-state index < -0.39 is 0 Å². The number of pyridine rings is 1. The van der Waals surface area contributed by atoms with Crippen molar-refractivity contribution in [3.8, 4) is 6.07 Å². The van der Waals surface area contributed by atoms with Gasteiger partial charge in [-0.05, 0) is 24.5 Å². The van der Waals surface area contributed by atoms with E-state index in [2.05, 4.69) is 34.2 Å². The van der Waals surface area contributed by atoms with Gasteiger partial charge in [-0.25, -0.2) is 0 Å². The number of anilines is 1. The molecule has 1 aromatic rings. The maximum atomic E-state index is 8.88. The quantitative estimate of drug-likeness (QED) is 0.736. The van der Waals surface area contributed by atoms with Crippen molar-refractivity contribution in [1.29, 1.82) is 5.26 Å². The highest BCUT2D eigenvalue weighted by Crippen LogP contribution is 2.26. The van der Waals surface area contributed by atoms with E-state index in [9.17, 15) is 0 Å². The molecule has 3 heteroatoms. The smallest absolute Gasteiger partial charge is 0.0657 e. The van der Waals surface area contributed by atoms with Crippen LogP contribution in [0.2, 0.25) is 0 Å². The zero-order chi connectivity index (χ0) is 11.7. The van der Waals surface area contributed by atoms with E-state index in [0.717, 1.165) is 32.4 Å². The summed E-state index contributed by atoms with van der Waals surface area (Å²) in [6, 6.07) is 4.58. The number of allylic oxidation sites excluding steroid dienone is 1. The molecule has 0 saturated carbocycles. The van der Waals surface area contributed by atoms with Crippen molar-refractivity contribution < 1.29 is 0 Å². The lowest BCUT2D eigenvalue weighted by atomic mass is 9.98. The minimum absolute atomic E-state index is 0.244. The van der Waals surface area contributed by atoms with Crippen LogP contribution in [-0.2, 0) is 6.42 Å². The Morgan fingerprint density at radius 2 is 2.18 bits per heavy atom. The second-order valence-corrected chi connectivity index (χ2v) is 4.73. The van der Waals surface area contributed by atoms with Crippen molar-refractivity contribution in [2.75, 3.05) is 18.0 Å². The van der Waals surface area contributed by atoms with E-state index in [4.69, 9.17) is 5.26 Å². The summed E-state index contributed by atoms with van der Waals surface area (Å²) in [5.41, 5.74) is 3.64. The lowest BCUT2D eigenvalue weighted by molar-refractivity contribution is 0.487. The molecule has 1 fully saturated rings. The zero-order valence-corrected chi connectivity index (χ0v) is 9.76. The third kappa shape index (κ3) is 1.91. The first-order valence-corrected chi connectivity index (χ1v) is 6.17. The van der Waals surface area contributed by atoms with Gasteiger partial charge in [0.2, 0.25) is 0 Å². The Kier molecular flexibility index (Phi) is 2.56. The maximum absolute atomic E-state index is 8.88. The molecule has 1 aliphatic heterocycles. The van der Waals surface area contributed by atoms with Crippen LogP contribution >= 0.6 is 0 Å². The highest BCUT2D eigenvalue weighted by Gasteiger charge is 2.20. The third-order valence-corrected chi connectivity index (χ3v) is 3.64. The number of rotatable bonds is 1. The Balaban J connectivity index is 1.77. The molecule has 0 bridgehead atoms. The van der Waals surface area contributed by atoms with Crippen LogP contribution in [0.3, 0.4) is 0 Å². The lowest BCUT2D eigenvalue weighted by Crippen LogP contribution is -2.33. The van der Waals surface area contributed by atoms with E-state index >= 15 is 0 Å². The fourth-order valence-electron chi connectivity index (χ4n) is 2.55. The van der Waals surface area contributed by atoms with Gasteiger partial charge in [-0.2, -0.15) is 5.26 Å². The van der Waals surface area contributed by atoms with Gasteiger partial charge in [0.25, 0.3) is 0 Å². The molecule has 2 heterocycles. The van der Waals surface area contributed by atoms with Crippen LogP contribution in [0.1, 0.15) is 24.1 Å². The number of nitriles is 1. The van der Waals surface area contributed by atoms with Crippen LogP contribution in [0, 0.1) is 17.2 Å². The Morgan fingerprint density at radius 3 is 2.94 bits per heavy atom. The topological polar surface area (TPSA) is 39.9 Å². The molecule has 0 aromatic carbocycles. The molecular weight excluding hydrogens is 210 g/mol. The summed E-state index contributed by atoms with van der Waals surface area (Å²) >= 11 is 0. The molecule has 1 saturated heterocycles. The SMILES string of the molecule is N#CC1CCN(c2cnc3c(c2)C=CC3)CC1. The number of fused-ring (bicyclic) bond motifs is 1. The second kappa shape index (κ2) is 4.21. The van der Waals surface area contributed by atoms with Gasteiger partial charge in [-0.15, -0.1) is 0 Å². The van der Waals surface area contributed by atoms with Crippen LogP contribution < -0.4 is 4.90 Å². The molecule has 0 amide bonds. The Bertz CT molecular complexity index is 491. The van der Waals surface area contributed by atoms with Crippen molar-refractivity contribution in [2.24, 2.45) is 5.92 Å². The number of aromatic nitrogens is 1. The summed E-state index contributed by atoms with van der Waals surface area (Å²) < 4.78 is 0. The molecule has 0 unspecified atom stereocenters. The molecular formula is C14H15N3. The van der Waals surface area contributed by atoms with E-state index in [-0.39, 0.29) is 5.92 Å². The van der Waals surface area contributed by atoms with Crippen LogP contribution in [0.4, 0.5) is 5.69 Å². The van der Waals surface area contributed by atoms with Gasteiger partial charge in [0, 0.05) is 25.4 Å². The van der Waals surface area contributed by atoms with E-state index in [1.807, 2.05) is 6.20 Å². The zero-order valence-electron chi connectivity index (χ0n) is 9.76. The largest absolute Gasteiger partial charge is 0.370 e. The molecule has 2 aliphatic rings.